The van der Waals surface area contributed by atoms with Gasteiger partial charge >= 0.3 is 0 Å². The Morgan fingerprint density at radius 3 is 2.02 bits per heavy atom. The number of carbonyl (C=O) groups excluding carboxylic acids is 2. The molecule has 5 nitrogen and oxygen atoms in total. The number of imide groups is 1. The fraction of sp³-hybridized carbons (Fsp3) is 0.162. The molecule has 0 spiro atoms. The van der Waals surface area contributed by atoms with E-state index in [1.807, 2.05) is 111 Å². The van der Waals surface area contributed by atoms with Crippen molar-refractivity contribution in [2.24, 2.45) is 16.8 Å². The largest absolute Gasteiger partial charge is 0.378 e. The SMILES string of the molecule is CN(C)c1ccc(N=CC23c4ccccc4C(c4ccccc42)[C@H]2C(=O)N(c4cccc5ccccc45)C(=O)[C@@H]23)cc1. The molecular weight excluding hydrogens is 518 g/mol. The highest BCUT2D eigenvalue weighted by atomic mass is 16.2. The Hall–Kier alpha value is -5.03. The Bertz CT molecular complexity index is 1890. The highest BCUT2D eigenvalue weighted by Gasteiger charge is 2.68. The van der Waals surface area contributed by atoms with E-state index in [1.165, 1.54) is 4.90 Å². The molecule has 204 valence electrons. The van der Waals surface area contributed by atoms with Crippen LogP contribution < -0.4 is 9.80 Å². The summed E-state index contributed by atoms with van der Waals surface area (Å²) in [5.41, 5.74) is 5.98. The maximum Gasteiger partial charge on any atom is 0.239 e. The second-order valence-electron chi connectivity index (χ2n) is 11.7. The molecule has 2 bridgehead atoms. The van der Waals surface area contributed by atoms with E-state index in [0.717, 1.165) is 44.4 Å². The lowest BCUT2D eigenvalue weighted by Crippen LogP contribution is -2.54. The van der Waals surface area contributed by atoms with Gasteiger partial charge in [-0.3, -0.25) is 14.6 Å². The third-order valence-electron chi connectivity index (χ3n) is 9.47. The number of rotatable bonds is 4. The van der Waals surface area contributed by atoms with E-state index in [9.17, 15) is 9.59 Å². The molecule has 1 aliphatic heterocycles. The average Bonchev–Trinajstić information content (AvgIpc) is 3.30. The van der Waals surface area contributed by atoms with E-state index in [2.05, 4.69) is 29.2 Å². The first-order valence-corrected chi connectivity index (χ1v) is 14.4. The summed E-state index contributed by atoms with van der Waals surface area (Å²) in [7, 11) is 4.02. The second kappa shape index (κ2) is 8.98. The average molecular weight is 548 g/mol. The molecule has 2 atom stereocenters. The van der Waals surface area contributed by atoms with E-state index in [1.54, 1.807) is 0 Å². The van der Waals surface area contributed by atoms with Crippen LogP contribution in [0.2, 0.25) is 0 Å². The summed E-state index contributed by atoms with van der Waals surface area (Å²) in [5.74, 6) is -1.63. The molecule has 1 fully saturated rings. The number of hydrogen-bond acceptors (Lipinski definition) is 4. The third kappa shape index (κ3) is 3.22. The van der Waals surface area contributed by atoms with Crippen molar-refractivity contribution in [2.75, 3.05) is 23.9 Å². The van der Waals surface area contributed by atoms with E-state index < -0.39 is 17.3 Å². The lowest BCUT2D eigenvalue weighted by atomic mass is 9.47. The molecule has 0 unspecified atom stereocenters. The zero-order valence-electron chi connectivity index (χ0n) is 23.4. The number of fused-ring (bicyclic) bond motifs is 1. The van der Waals surface area contributed by atoms with Gasteiger partial charge in [0.1, 0.15) is 0 Å². The highest BCUT2D eigenvalue weighted by Crippen LogP contribution is 2.64. The first-order valence-electron chi connectivity index (χ1n) is 14.4. The minimum Gasteiger partial charge on any atom is -0.378 e. The van der Waals surface area contributed by atoms with Crippen LogP contribution in [0.4, 0.5) is 17.1 Å². The van der Waals surface area contributed by atoms with Crippen LogP contribution in [0.5, 0.6) is 0 Å². The summed E-state index contributed by atoms with van der Waals surface area (Å²) in [4.78, 5) is 37.9. The standard InChI is InChI=1S/C37H29N3O2/c1-39(2)25-20-18-24(19-21-25)38-22-37-29-15-7-5-13-27(29)32(28-14-6-8-16-30(28)37)33-34(37)36(42)40(35(33)41)31-17-9-11-23-10-3-4-12-26(23)31/h3-22,32-34H,1-2H3/t32?,33-,34-,37?/m1/s1. The van der Waals surface area contributed by atoms with Gasteiger partial charge in [0.2, 0.25) is 11.8 Å². The highest BCUT2D eigenvalue weighted by molar-refractivity contribution is 6.27. The van der Waals surface area contributed by atoms with Crippen molar-refractivity contribution >= 4 is 45.9 Å². The Morgan fingerprint density at radius 2 is 1.33 bits per heavy atom. The molecule has 3 aliphatic carbocycles. The van der Waals surface area contributed by atoms with Crippen LogP contribution in [0.15, 0.2) is 120 Å². The molecule has 1 heterocycles. The molecule has 9 rings (SSSR count). The van der Waals surface area contributed by atoms with Gasteiger partial charge in [-0.25, -0.2) is 4.90 Å². The van der Waals surface area contributed by atoms with Gasteiger partial charge in [-0.05, 0) is 58.0 Å². The molecule has 5 heteroatoms. The van der Waals surface area contributed by atoms with Crippen LogP contribution in [0.25, 0.3) is 10.8 Å². The lowest BCUT2D eigenvalue weighted by Gasteiger charge is -2.52. The van der Waals surface area contributed by atoms with Crippen molar-refractivity contribution < 1.29 is 9.59 Å². The topological polar surface area (TPSA) is 53.0 Å². The number of hydrogen-bond donors (Lipinski definition) is 0. The first-order chi connectivity index (χ1) is 20.5. The number of anilines is 2. The number of benzene rings is 5. The molecule has 5 aromatic carbocycles. The Morgan fingerprint density at radius 1 is 0.714 bits per heavy atom. The van der Waals surface area contributed by atoms with Crippen molar-refractivity contribution in [3.8, 4) is 0 Å². The van der Waals surface area contributed by atoms with Crippen LogP contribution in [0, 0.1) is 11.8 Å². The fourth-order valence-corrected chi connectivity index (χ4v) is 7.70. The molecule has 0 saturated carbocycles. The summed E-state index contributed by atoms with van der Waals surface area (Å²) in [6, 6.07) is 38.5. The van der Waals surface area contributed by atoms with Gasteiger partial charge in [-0.15, -0.1) is 0 Å². The number of carbonyl (C=O) groups is 2. The van der Waals surface area contributed by atoms with Crippen molar-refractivity contribution in [3.63, 3.8) is 0 Å². The molecule has 5 aromatic rings. The molecule has 4 aliphatic rings. The number of aliphatic imine (C=N–C) groups is 1. The van der Waals surface area contributed by atoms with Crippen molar-refractivity contribution in [2.45, 2.75) is 11.3 Å². The zero-order chi connectivity index (χ0) is 28.6. The molecule has 1 saturated heterocycles. The summed E-state index contributed by atoms with van der Waals surface area (Å²) < 4.78 is 0. The Labute approximate surface area is 244 Å². The minimum absolute atomic E-state index is 0.136. The third-order valence-corrected chi connectivity index (χ3v) is 9.47. The second-order valence-corrected chi connectivity index (χ2v) is 11.7. The maximum atomic E-state index is 14.8. The Balaban J connectivity index is 1.37. The van der Waals surface area contributed by atoms with Gasteiger partial charge in [0.25, 0.3) is 0 Å². The predicted molar refractivity (Wildman–Crippen MR) is 168 cm³/mol. The van der Waals surface area contributed by atoms with Crippen LogP contribution in [-0.4, -0.2) is 32.1 Å². The van der Waals surface area contributed by atoms with Crippen molar-refractivity contribution in [1.29, 1.82) is 0 Å². The van der Waals surface area contributed by atoms with Gasteiger partial charge in [0.15, 0.2) is 0 Å². The molecule has 0 aromatic heterocycles. The zero-order valence-corrected chi connectivity index (χ0v) is 23.4. The summed E-state index contributed by atoms with van der Waals surface area (Å²) >= 11 is 0. The Kier molecular flexibility index (Phi) is 5.29. The molecule has 0 N–H and O–H groups in total. The summed E-state index contributed by atoms with van der Waals surface area (Å²) in [6.45, 7) is 0. The molecule has 0 radical (unpaired) electrons. The summed E-state index contributed by atoms with van der Waals surface area (Å²) in [6.07, 6.45) is 1.96. The van der Waals surface area contributed by atoms with Crippen molar-refractivity contribution in [1.82, 2.24) is 0 Å². The van der Waals surface area contributed by atoms with Crippen molar-refractivity contribution in [3.05, 3.63) is 138 Å². The van der Waals surface area contributed by atoms with Gasteiger partial charge < -0.3 is 4.90 Å². The number of nitrogens with zero attached hydrogens (tertiary/aromatic N) is 3. The van der Waals surface area contributed by atoms with Gasteiger partial charge in [0, 0.05) is 37.3 Å². The number of amides is 2. The van der Waals surface area contributed by atoms with E-state index >= 15 is 0 Å². The smallest absolute Gasteiger partial charge is 0.239 e. The lowest BCUT2D eigenvalue weighted by molar-refractivity contribution is -0.122. The monoisotopic (exact) mass is 547 g/mol. The van der Waals surface area contributed by atoms with Crippen LogP contribution in [-0.2, 0) is 15.0 Å². The van der Waals surface area contributed by atoms with Crippen LogP contribution in [0.3, 0.4) is 0 Å². The summed E-state index contributed by atoms with van der Waals surface area (Å²) in [5, 5.41) is 1.89. The van der Waals surface area contributed by atoms with Gasteiger partial charge in [0.05, 0.1) is 28.6 Å². The van der Waals surface area contributed by atoms with E-state index in [-0.39, 0.29) is 17.7 Å². The van der Waals surface area contributed by atoms with Gasteiger partial charge in [-0.2, -0.15) is 0 Å². The first kappa shape index (κ1) is 24.7. The van der Waals surface area contributed by atoms with Crippen LogP contribution in [0.1, 0.15) is 28.2 Å². The van der Waals surface area contributed by atoms with E-state index in [0.29, 0.717) is 5.69 Å². The van der Waals surface area contributed by atoms with Crippen LogP contribution >= 0.6 is 0 Å². The predicted octanol–water partition coefficient (Wildman–Crippen LogP) is 6.86. The molecule has 2 amide bonds. The maximum absolute atomic E-state index is 14.8. The normalized spacial score (nSPS) is 23.8. The molecular formula is C37H29N3O2. The quantitative estimate of drug-likeness (QED) is 0.183. The van der Waals surface area contributed by atoms with E-state index in [4.69, 9.17) is 4.99 Å². The fourth-order valence-electron chi connectivity index (χ4n) is 7.70. The molecule has 42 heavy (non-hydrogen) atoms. The minimum atomic E-state index is -0.890. The van der Waals surface area contributed by atoms with Gasteiger partial charge in [-0.1, -0.05) is 84.9 Å².